The van der Waals surface area contributed by atoms with E-state index in [-0.39, 0.29) is 10.3 Å². The molecule has 0 saturated heterocycles. The molecule has 82 valence electrons. The second-order valence-electron chi connectivity index (χ2n) is 2.74. The molecule has 0 aliphatic rings. The number of pyridine rings is 1. The fourth-order valence-electron chi connectivity index (χ4n) is 0.811. The molecular formula is C8H6BrF3N2O. The van der Waals surface area contributed by atoms with Gasteiger partial charge in [0.25, 0.3) is 0 Å². The van der Waals surface area contributed by atoms with Gasteiger partial charge < -0.3 is 5.32 Å². The quantitative estimate of drug-likeness (QED) is 0.805. The van der Waals surface area contributed by atoms with Crippen LogP contribution in [0, 0.1) is 6.92 Å². The van der Waals surface area contributed by atoms with Gasteiger partial charge in [-0.2, -0.15) is 13.2 Å². The van der Waals surface area contributed by atoms with Crippen LogP contribution in [-0.2, 0) is 4.79 Å². The highest BCUT2D eigenvalue weighted by molar-refractivity contribution is 9.10. The van der Waals surface area contributed by atoms with Gasteiger partial charge in [0.2, 0.25) is 0 Å². The average molecular weight is 283 g/mol. The molecule has 0 fully saturated rings. The Kier molecular flexibility index (Phi) is 3.33. The average Bonchev–Trinajstić information content (AvgIpc) is 2.08. The van der Waals surface area contributed by atoms with Crippen molar-refractivity contribution >= 4 is 27.5 Å². The maximum atomic E-state index is 11.9. The van der Waals surface area contributed by atoms with Crippen LogP contribution in [0.2, 0.25) is 0 Å². The fraction of sp³-hybridized carbons (Fsp3) is 0.250. The van der Waals surface area contributed by atoms with E-state index in [1.165, 1.54) is 12.1 Å². The van der Waals surface area contributed by atoms with Crippen molar-refractivity contribution in [2.75, 3.05) is 5.32 Å². The smallest absolute Gasteiger partial charge is 0.316 e. The summed E-state index contributed by atoms with van der Waals surface area (Å²) in [5.41, 5.74) is 0.620. The third-order valence-corrected chi connectivity index (χ3v) is 2.10. The number of nitrogens with zero attached hydrogens (tertiary/aromatic N) is 1. The first-order valence-corrected chi connectivity index (χ1v) is 4.61. The number of carbonyl (C=O) groups is 1. The number of alkyl halides is 3. The minimum absolute atomic E-state index is 0.0112. The molecule has 3 nitrogen and oxygen atoms in total. The van der Waals surface area contributed by atoms with E-state index in [0.717, 1.165) is 0 Å². The van der Waals surface area contributed by atoms with E-state index in [9.17, 15) is 18.0 Å². The Labute approximate surface area is 91.8 Å². The lowest BCUT2D eigenvalue weighted by molar-refractivity contribution is -0.167. The van der Waals surface area contributed by atoms with Crippen molar-refractivity contribution in [1.82, 2.24) is 4.98 Å². The van der Waals surface area contributed by atoms with Crippen LogP contribution in [0.3, 0.4) is 0 Å². The summed E-state index contributed by atoms with van der Waals surface area (Å²) < 4.78 is 35.9. The number of amides is 1. The van der Waals surface area contributed by atoms with Gasteiger partial charge >= 0.3 is 12.1 Å². The normalized spacial score (nSPS) is 11.3. The molecule has 1 amide bonds. The Morgan fingerprint density at radius 1 is 1.47 bits per heavy atom. The van der Waals surface area contributed by atoms with Gasteiger partial charge in [-0.3, -0.25) is 4.79 Å². The molecule has 0 bridgehead atoms. The van der Waals surface area contributed by atoms with Gasteiger partial charge in [-0.25, -0.2) is 4.98 Å². The Balaban J connectivity index is 2.87. The van der Waals surface area contributed by atoms with Crippen LogP contribution in [0.15, 0.2) is 16.7 Å². The van der Waals surface area contributed by atoms with Crippen LogP contribution in [0.25, 0.3) is 0 Å². The zero-order valence-corrected chi connectivity index (χ0v) is 9.11. The highest BCUT2D eigenvalue weighted by Gasteiger charge is 2.38. The molecule has 7 heteroatoms. The number of hydrogen-bond donors (Lipinski definition) is 1. The summed E-state index contributed by atoms with van der Waals surface area (Å²) >= 11 is 2.95. The number of hydrogen-bond acceptors (Lipinski definition) is 2. The monoisotopic (exact) mass is 282 g/mol. The third-order valence-electron chi connectivity index (χ3n) is 1.49. The standard InChI is InChI=1S/C8H6BrF3N2O/c1-4-2-3-5(6(9)13-4)14-7(15)8(10,11)12/h2-3H,1H3,(H,14,15). The molecule has 1 aromatic heterocycles. The number of anilines is 1. The SMILES string of the molecule is Cc1ccc(NC(=O)C(F)(F)F)c(Br)n1. The fourth-order valence-corrected chi connectivity index (χ4v) is 1.32. The van der Waals surface area contributed by atoms with Crippen LogP contribution in [0.1, 0.15) is 5.69 Å². The maximum Gasteiger partial charge on any atom is 0.471 e. The van der Waals surface area contributed by atoms with Crippen LogP contribution in [0.5, 0.6) is 0 Å². The summed E-state index contributed by atoms with van der Waals surface area (Å²) in [5, 5.41) is 1.70. The van der Waals surface area contributed by atoms with E-state index in [0.29, 0.717) is 5.69 Å². The summed E-state index contributed by atoms with van der Waals surface area (Å²) in [6, 6.07) is 2.84. The summed E-state index contributed by atoms with van der Waals surface area (Å²) in [7, 11) is 0. The molecule has 1 rings (SSSR count). The molecule has 0 aliphatic heterocycles. The number of rotatable bonds is 1. The summed E-state index contributed by atoms with van der Waals surface area (Å²) in [6.45, 7) is 1.68. The summed E-state index contributed by atoms with van der Waals surface area (Å²) in [6.07, 6.45) is -4.90. The van der Waals surface area contributed by atoms with Crippen molar-refractivity contribution in [1.29, 1.82) is 0 Å². The number of carbonyl (C=O) groups excluding carboxylic acids is 1. The zero-order chi connectivity index (χ0) is 11.6. The molecule has 1 heterocycles. The molecule has 0 saturated carbocycles. The van der Waals surface area contributed by atoms with Crippen molar-refractivity contribution < 1.29 is 18.0 Å². The van der Waals surface area contributed by atoms with Gasteiger partial charge in [0.1, 0.15) is 4.60 Å². The third kappa shape index (κ3) is 3.19. The lowest BCUT2D eigenvalue weighted by atomic mass is 10.3. The molecular weight excluding hydrogens is 277 g/mol. The molecule has 0 atom stereocenters. The summed E-state index contributed by atoms with van der Waals surface area (Å²) in [4.78, 5) is 14.4. The van der Waals surface area contributed by atoms with Gasteiger partial charge in [-0.1, -0.05) is 0 Å². The van der Waals surface area contributed by atoms with E-state index >= 15 is 0 Å². The number of nitrogens with one attached hydrogen (secondary N) is 1. The van der Waals surface area contributed by atoms with E-state index in [2.05, 4.69) is 20.9 Å². The molecule has 15 heavy (non-hydrogen) atoms. The highest BCUT2D eigenvalue weighted by atomic mass is 79.9. The lowest BCUT2D eigenvalue weighted by Gasteiger charge is -2.09. The first-order chi connectivity index (χ1) is 6.80. The van der Waals surface area contributed by atoms with E-state index < -0.39 is 12.1 Å². The van der Waals surface area contributed by atoms with Gasteiger partial charge in [-0.15, -0.1) is 0 Å². The van der Waals surface area contributed by atoms with Gasteiger partial charge in [0.15, 0.2) is 0 Å². The first-order valence-electron chi connectivity index (χ1n) is 3.82. The van der Waals surface area contributed by atoms with Crippen molar-refractivity contribution in [3.8, 4) is 0 Å². The predicted molar refractivity (Wildman–Crippen MR) is 51.4 cm³/mol. The predicted octanol–water partition coefficient (Wildman–Crippen LogP) is 2.65. The minimum Gasteiger partial charge on any atom is -0.316 e. The van der Waals surface area contributed by atoms with E-state index in [4.69, 9.17) is 0 Å². The molecule has 0 unspecified atom stereocenters. The first kappa shape index (κ1) is 12.0. The molecule has 0 aliphatic carbocycles. The second-order valence-corrected chi connectivity index (χ2v) is 3.49. The minimum atomic E-state index is -4.90. The number of halogens is 4. The number of aryl methyl sites for hydroxylation is 1. The topological polar surface area (TPSA) is 42.0 Å². The Bertz CT molecular complexity index is 392. The molecule has 1 aromatic rings. The van der Waals surface area contributed by atoms with E-state index in [1.807, 2.05) is 0 Å². The molecule has 0 spiro atoms. The van der Waals surface area contributed by atoms with Crippen LogP contribution >= 0.6 is 15.9 Å². The Morgan fingerprint density at radius 3 is 2.53 bits per heavy atom. The van der Waals surface area contributed by atoms with Crippen molar-refractivity contribution in [2.24, 2.45) is 0 Å². The Morgan fingerprint density at radius 2 is 2.07 bits per heavy atom. The van der Waals surface area contributed by atoms with E-state index in [1.54, 1.807) is 12.2 Å². The molecule has 0 radical (unpaired) electrons. The Hall–Kier alpha value is -1.11. The van der Waals surface area contributed by atoms with Crippen LogP contribution < -0.4 is 5.32 Å². The van der Waals surface area contributed by atoms with Gasteiger partial charge in [-0.05, 0) is 35.0 Å². The molecule has 0 aromatic carbocycles. The molecule has 1 N–H and O–H groups in total. The lowest BCUT2D eigenvalue weighted by Crippen LogP contribution is -2.30. The van der Waals surface area contributed by atoms with Crippen molar-refractivity contribution in [2.45, 2.75) is 13.1 Å². The summed E-state index contributed by atoms with van der Waals surface area (Å²) in [5.74, 6) is -2.02. The van der Waals surface area contributed by atoms with Gasteiger partial charge in [0, 0.05) is 5.69 Å². The van der Waals surface area contributed by atoms with Gasteiger partial charge in [0.05, 0.1) is 5.69 Å². The van der Waals surface area contributed by atoms with Crippen LogP contribution in [-0.4, -0.2) is 17.1 Å². The largest absolute Gasteiger partial charge is 0.471 e. The van der Waals surface area contributed by atoms with Crippen molar-refractivity contribution in [3.05, 3.63) is 22.4 Å². The second kappa shape index (κ2) is 4.18. The zero-order valence-electron chi connectivity index (χ0n) is 7.52. The van der Waals surface area contributed by atoms with Crippen LogP contribution in [0.4, 0.5) is 18.9 Å². The number of aromatic nitrogens is 1. The highest BCUT2D eigenvalue weighted by Crippen LogP contribution is 2.23. The maximum absolute atomic E-state index is 11.9. The van der Waals surface area contributed by atoms with Crippen molar-refractivity contribution in [3.63, 3.8) is 0 Å².